The molecule has 0 aromatic heterocycles. The molecule has 0 saturated heterocycles. The molecule has 0 aliphatic carbocycles. The van der Waals surface area contributed by atoms with Crippen LogP contribution in [0.25, 0.3) is 97.7 Å². The first-order valence-corrected chi connectivity index (χ1v) is 13.8. The largest absolute Gasteiger partial charge is 0.0636 e. The maximum absolute atomic E-state index is 9.88. The van der Waals surface area contributed by atoms with E-state index in [0.717, 1.165) is 0 Å². The van der Waals surface area contributed by atoms with Gasteiger partial charge in [-0.1, -0.05) is 139 Å². The predicted molar refractivity (Wildman–Crippen MR) is 200 cm³/mol. The Hall–Kier alpha value is -5.98. The van der Waals surface area contributed by atoms with Crippen LogP contribution in [-0.4, -0.2) is 0 Å². The summed E-state index contributed by atoms with van der Waals surface area (Å²) in [6.45, 7) is 0. The first-order chi connectivity index (χ1) is 34.5. The number of hydrogen-bond donors (Lipinski definition) is 0. The molecule has 0 fully saturated rings. The fraction of sp³-hybridized carbons (Fsp3) is 0. The Kier molecular flexibility index (Phi) is 2.18. The summed E-state index contributed by atoms with van der Waals surface area (Å²) >= 11 is 0. The molecule has 0 aliphatic rings. The van der Waals surface area contributed by atoms with E-state index in [9.17, 15) is 16.4 Å². The van der Waals surface area contributed by atoms with E-state index in [1.54, 1.807) is 0 Å². The van der Waals surface area contributed by atoms with E-state index in [-0.39, 0.29) is 0 Å². The fourth-order valence-electron chi connectivity index (χ4n) is 5.62. The molecule has 10 aromatic rings. The van der Waals surface area contributed by atoms with Gasteiger partial charge in [-0.05, 0) is 128 Å². The van der Waals surface area contributed by atoms with Crippen LogP contribution in [0.15, 0.2) is 169 Å². The Morgan fingerprint density at radius 2 is 0.848 bits per heavy atom. The van der Waals surface area contributed by atoms with E-state index in [0.29, 0.717) is 0 Å². The van der Waals surface area contributed by atoms with Crippen LogP contribution in [-0.2, 0) is 0 Å². The molecular formula is C46H28. The van der Waals surface area contributed by atoms with Gasteiger partial charge in [0.15, 0.2) is 0 Å². The van der Waals surface area contributed by atoms with Crippen molar-refractivity contribution >= 4 is 75.4 Å². The standard InChI is InChI=1S/C46H28/c1-2-10-32-27-44-35(24-31(32)9-1)21-22-42-39(14-7-15-41(42)44)34-18-16-29-17-19-36(26-37(29)25-34)46-40-13-6-4-11-33(40)28-45-38-12-5-3-8-30(38)20-23-43(45)46/h1-28H/i1D,2D,3D,4D,5D,6D,7D,8D,9D,10D,11D,12D,13D,14D,15D,16D,17D,18D,19D,20D,21D,22D,23D,24D,25D,26D,27D,28D. The number of rotatable bonds is 2. The van der Waals surface area contributed by atoms with Crippen molar-refractivity contribution < 1.29 is 38.4 Å². The topological polar surface area (TPSA) is 0 Å². The highest BCUT2D eigenvalue weighted by molar-refractivity contribution is 6.21. The second-order valence-electron chi connectivity index (χ2n) is 10.2. The van der Waals surface area contributed by atoms with Crippen molar-refractivity contribution in [1.82, 2.24) is 0 Å². The van der Waals surface area contributed by atoms with E-state index in [1.165, 1.54) is 0 Å². The van der Waals surface area contributed by atoms with Gasteiger partial charge in [-0.25, -0.2) is 0 Å². The van der Waals surface area contributed by atoms with E-state index < -0.39 is 267 Å². The van der Waals surface area contributed by atoms with Crippen molar-refractivity contribution in [2.24, 2.45) is 0 Å². The minimum Gasteiger partial charge on any atom is -0.0616 e. The molecule has 0 spiro atoms. The van der Waals surface area contributed by atoms with Crippen molar-refractivity contribution in [3.8, 4) is 22.3 Å². The van der Waals surface area contributed by atoms with Crippen LogP contribution in [0.3, 0.4) is 0 Å². The summed E-state index contributed by atoms with van der Waals surface area (Å²) < 4.78 is 253. The Balaban J connectivity index is 1.46. The van der Waals surface area contributed by atoms with Crippen LogP contribution < -0.4 is 0 Å². The zero-order valence-electron chi connectivity index (χ0n) is 51.0. The summed E-state index contributed by atoms with van der Waals surface area (Å²) in [5.74, 6) is 0. The van der Waals surface area contributed by atoms with Crippen LogP contribution in [0.1, 0.15) is 38.4 Å². The van der Waals surface area contributed by atoms with Gasteiger partial charge in [0, 0.05) is 0 Å². The van der Waals surface area contributed by atoms with E-state index in [2.05, 4.69) is 0 Å². The molecule has 0 saturated carbocycles. The highest BCUT2D eigenvalue weighted by atomic mass is 14.2. The molecule has 10 rings (SSSR count). The molecule has 0 heteroatoms. The molecule has 0 N–H and O–H groups in total. The van der Waals surface area contributed by atoms with Gasteiger partial charge in [0.2, 0.25) is 0 Å². The van der Waals surface area contributed by atoms with Crippen LogP contribution in [0.2, 0.25) is 0 Å². The van der Waals surface area contributed by atoms with E-state index >= 15 is 0 Å². The Morgan fingerprint density at radius 1 is 0.261 bits per heavy atom. The molecule has 46 heavy (non-hydrogen) atoms. The third kappa shape index (κ3) is 3.81. The van der Waals surface area contributed by atoms with Crippen LogP contribution >= 0.6 is 0 Å². The quantitative estimate of drug-likeness (QED) is 0.135. The van der Waals surface area contributed by atoms with E-state index in [1.807, 2.05) is 0 Å². The molecule has 0 radical (unpaired) electrons. The SMILES string of the molecule is [2H]c1c(-c2c([2H])c([2H])c([2H])c3c2c([2H])c([2H])c2c([2H])c4c([2H])c([2H])c([2H])c([2H])c4c([2H])c23)c([2H])c2c([2H])c(-c3c4c([2H])c([2H])c([2H])c([2H])c4c([2H])c4c3c([2H])c([2H])c3c([2H])c([2H])c([2H])c([2H])c34)c([2H])c([2H])c2c1[2H]. The van der Waals surface area contributed by atoms with Gasteiger partial charge in [0.25, 0.3) is 0 Å². The van der Waals surface area contributed by atoms with Crippen LogP contribution in [0.4, 0.5) is 0 Å². The molecule has 0 atom stereocenters. The highest BCUT2D eigenvalue weighted by Crippen LogP contribution is 2.41. The molecule has 0 amide bonds. The molecule has 212 valence electrons. The molecule has 0 heterocycles. The van der Waals surface area contributed by atoms with Crippen molar-refractivity contribution in [2.45, 2.75) is 0 Å². The van der Waals surface area contributed by atoms with Crippen molar-refractivity contribution in [3.63, 3.8) is 0 Å². The summed E-state index contributed by atoms with van der Waals surface area (Å²) in [6.07, 6.45) is 0. The lowest BCUT2D eigenvalue weighted by atomic mass is 9.88. The zero-order chi connectivity index (χ0) is 54.6. The molecule has 0 bridgehead atoms. The van der Waals surface area contributed by atoms with Gasteiger partial charge in [0.05, 0.1) is 38.4 Å². The third-order valence-corrected chi connectivity index (χ3v) is 7.69. The van der Waals surface area contributed by atoms with Crippen molar-refractivity contribution in [3.05, 3.63) is 169 Å². The maximum Gasteiger partial charge on any atom is 0.0636 e. The maximum atomic E-state index is 9.88. The third-order valence-electron chi connectivity index (χ3n) is 7.69. The smallest absolute Gasteiger partial charge is 0.0616 e. The predicted octanol–water partition coefficient (Wildman–Crippen LogP) is 13.1. The number of hydrogen-bond acceptors (Lipinski definition) is 0. The van der Waals surface area contributed by atoms with Gasteiger partial charge >= 0.3 is 0 Å². The van der Waals surface area contributed by atoms with Gasteiger partial charge in [-0.2, -0.15) is 0 Å². The van der Waals surface area contributed by atoms with E-state index in [4.69, 9.17) is 21.9 Å². The monoisotopic (exact) mass is 608 g/mol. The highest BCUT2D eigenvalue weighted by Gasteiger charge is 2.14. The first-order valence-electron chi connectivity index (χ1n) is 27.8. The molecule has 0 unspecified atom stereocenters. The first kappa shape index (κ1) is 10.3. The molecular weight excluding hydrogens is 553 g/mol. The molecule has 10 aromatic carbocycles. The van der Waals surface area contributed by atoms with Crippen LogP contribution in [0.5, 0.6) is 0 Å². The fourth-order valence-corrected chi connectivity index (χ4v) is 5.62. The lowest BCUT2D eigenvalue weighted by Gasteiger charge is -2.15. The van der Waals surface area contributed by atoms with Crippen molar-refractivity contribution in [1.29, 1.82) is 0 Å². The lowest BCUT2D eigenvalue weighted by Crippen LogP contribution is -1.88. The minimum absolute atomic E-state index is 0.493. The molecule has 0 nitrogen and oxygen atoms in total. The average Bonchev–Trinajstić information content (AvgIpc) is 3.36. The number of benzene rings is 10. The summed E-state index contributed by atoms with van der Waals surface area (Å²) in [5.41, 5.74) is -3.09. The summed E-state index contributed by atoms with van der Waals surface area (Å²) in [6, 6.07) is -24.7. The van der Waals surface area contributed by atoms with Crippen molar-refractivity contribution in [2.75, 3.05) is 0 Å². The Bertz CT molecular complexity index is 4450. The summed E-state index contributed by atoms with van der Waals surface area (Å²) in [7, 11) is 0. The summed E-state index contributed by atoms with van der Waals surface area (Å²) in [5, 5.41) is -8.44. The second kappa shape index (κ2) is 9.76. The Morgan fingerprint density at radius 3 is 1.72 bits per heavy atom. The lowest BCUT2D eigenvalue weighted by molar-refractivity contribution is 1.68. The van der Waals surface area contributed by atoms with Crippen LogP contribution in [0, 0.1) is 0 Å². The zero-order valence-corrected chi connectivity index (χ0v) is 23.0. The number of fused-ring (bicyclic) bond motifs is 9. The molecule has 0 aliphatic heterocycles. The minimum atomic E-state index is -1.02. The average molecular weight is 609 g/mol. The Labute approximate surface area is 306 Å². The van der Waals surface area contributed by atoms with Gasteiger partial charge in [-0.3, -0.25) is 0 Å². The second-order valence-corrected chi connectivity index (χ2v) is 10.2. The normalized spacial score (nSPS) is 20.4. The van der Waals surface area contributed by atoms with Gasteiger partial charge in [-0.15, -0.1) is 0 Å². The van der Waals surface area contributed by atoms with Gasteiger partial charge < -0.3 is 0 Å². The van der Waals surface area contributed by atoms with Gasteiger partial charge in [0.1, 0.15) is 0 Å². The summed E-state index contributed by atoms with van der Waals surface area (Å²) in [4.78, 5) is 0.